The summed E-state index contributed by atoms with van der Waals surface area (Å²) in [5.74, 6) is -0.964. The van der Waals surface area contributed by atoms with Crippen molar-refractivity contribution >= 4 is 33.4 Å². The lowest BCUT2D eigenvalue weighted by atomic mass is 10.1. The number of rotatable bonds is 8. The molecule has 12 heteroatoms. The number of ether oxygens (including phenoxy) is 1. The van der Waals surface area contributed by atoms with Gasteiger partial charge in [0.25, 0.3) is 11.8 Å². The van der Waals surface area contributed by atoms with E-state index < -0.39 is 17.6 Å². The lowest BCUT2D eigenvalue weighted by Crippen LogP contribution is -2.49. The fourth-order valence-electron chi connectivity index (χ4n) is 3.15. The van der Waals surface area contributed by atoms with Gasteiger partial charge in [0.2, 0.25) is 10.3 Å². The number of carbonyl (C=O) groups excluding carboxylic acids is 2. The Labute approximate surface area is 187 Å². The molecule has 1 aromatic heterocycles. The van der Waals surface area contributed by atoms with Crippen LogP contribution in [0.3, 0.4) is 0 Å². The molecule has 1 N–H and O–H groups in total. The predicted molar refractivity (Wildman–Crippen MR) is 114 cm³/mol. The van der Waals surface area contributed by atoms with Crippen LogP contribution >= 0.6 is 11.3 Å². The van der Waals surface area contributed by atoms with Gasteiger partial charge in [0, 0.05) is 32.8 Å². The molecule has 0 unspecified atom stereocenters. The van der Waals surface area contributed by atoms with E-state index in [0.717, 1.165) is 18.9 Å². The van der Waals surface area contributed by atoms with Gasteiger partial charge in [0.15, 0.2) is 0 Å². The number of amides is 2. The summed E-state index contributed by atoms with van der Waals surface area (Å²) < 4.78 is 44.9. The maximum absolute atomic E-state index is 13.2. The summed E-state index contributed by atoms with van der Waals surface area (Å²) in [5, 5.41) is 11.5. The van der Waals surface area contributed by atoms with Crippen molar-refractivity contribution in [2.24, 2.45) is 0 Å². The minimum Gasteiger partial charge on any atom is -0.372 e. The molecule has 1 aromatic carbocycles. The van der Waals surface area contributed by atoms with Crippen LogP contribution in [0.5, 0.6) is 0 Å². The lowest BCUT2D eigenvalue weighted by Gasteiger charge is -2.34. The molecule has 8 nitrogen and oxygen atoms in total. The van der Waals surface area contributed by atoms with E-state index >= 15 is 0 Å². The fourth-order valence-corrected chi connectivity index (χ4v) is 3.96. The third kappa shape index (κ3) is 6.16. The van der Waals surface area contributed by atoms with Gasteiger partial charge in [0.05, 0.1) is 11.1 Å². The Bertz CT molecular complexity index is 929. The Morgan fingerprint density at radius 2 is 1.88 bits per heavy atom. The highest BCUT2D eigenvalue weighted by Gasteiger charge is 2.36. The zero-order chi connectivity index (χ0) is 23.1. The van der Waals surface area contributed by atoms with Crippen molar-refractivity contribution in [1.29, 1.82) is 0 Å². The van der Waals surface area contributed by atoms with E-state index in [1.54, 1.807) is 0 Å². The third-order valence-corrected chi connectivity index (χ3v) is 5.74. The summed E-state index contributed by atoms with van der Waals surface area (Å²) in [7, 11) is 0. The molecule has 0 bridgehead atoms. The summed E-state index contributed by atoms with van der Waals surface area (Å²) in [5.41, 5.74) is -1.29. The van der Waals surface area contributed by atoms with Crippen molar-refractivity contribution in [3.05, 3.63) is 35.4 Å². The molecule has 0 spiro atoms. The fraction of sp³-hybridized carbons (Fsp3) is 0.500. The smallest absolute Gasteiger partial charge is 0.372 e. The average Bonchev–Trinajstić information content (AvgIpc) is 3.24. The minimum absolute atomic E-state index is 0.0604. The average molecular weight is 472 g/mol. The van der Waals surface area contributed by atoms with Crippen LogP contribution in [0.1, 0.15) is 35.7 Å². The monoisotopic (exact) mass is 471 g/mol. The van der Waals surface area contributed by atoms with E-state index in [9.17, 15) is 22.8 Å². The molecule has 0 atom stereocenters. The molecule has 32 heavy (non-hydrogen) atoms. The van der Waals surface area contributed by atoms with Gasteiger partial charge >= 0.3 is 6.18 Å². The van der Waals surface area contributed by atoms with E-state index in [1.807, 2.05) is 11.8 Å². The molecule has 1 aliphatic heterocycles. The lowest BCUT2D eigenvalue weighted by molar-refractivity contribution is -0.138. The number of anilines is 2. The molecule has 1 saturated heterocycles. The quantitative estimate of drug-likeness (QED) is 0.595. The minimum atomic E-state index is -4.59. The molecule has 0 saturated carbocycles. The summed E-state index contributed by atoms with van der Waals surface area (Å²) in [6.07, 6.45) is -2.73. The van der Waals surface area contributed by atoms with Crippen LogP contribution in [0.4, 0.5) is 23.4 Å². The first kappa shape index (κ1) is 23.9. The van der Waals surface area contributed by atoms with Crippen molar-refractivity contribution in [3.8, 4) is 0 Å². The molecule has 1 aliphatic rings. The van der Waals surface area contributed by atoms with Crippen molar-refractivity contribution in [2.45, 2.75) is 25.9 Å². The molecular weight excluding hydrogens is 447 g/mol. The van der Waals surface area contributed by atoms with Crippen LogP contribution in [0.2, 0.25) is 0 Å². The van der Waals surface area contributed by atoms with Crippen LogP contribution in [0, 0.1) is 0 Å². The van der Waals surface area contributed by atoms with Gasteiger partial charge in [-0.15, -0.1) is 10.2 Å². The molecule has 0 aliphatic carbocycles. The molecule has 0 radical (unpaired) electrons. The highest BCUT2D eigenvalue weighted by atomic mass is 32.1. The Morgan fingerprint density at radius 1 is 1.16 bits per heavy atom. The topological polar surface area (TPSA) is 87.7 Å². The van der Waals surface area contributed by atoms with Crippen molar-refractivity contribution in [2.75, 3.05) is 49.6 Å². The molecule has 3 rings (SSSR count). The molecule has 174 valence electrons. The first-order valence-electron chi connectivity index (χ1n) is 10.2. The van der Waals surface area contributed by atoms with Gasteiger partial charge in [-0.3, -0.25) is 14.9 Å². The highest BCUT2D eigenvalue weighted by Crippen LogP contribution is 2.32. The molecule has 2 amide bonds. The van der Waals surface area contributed by atoms with Crippen LogP contribution in [0.15, 0.2) is 24.3 Å². The Kier molecular flexibility index (Phi) is 8.02. The predicted octanol–water partition coefficient (Wildman–Crippen LogP) is 3.27. The Morgan fingerprint density at radius 3 is 2.56 bits per heavy atom. The first-order valence-corrected chi connectivity index (χ1v) is 11.0. The normalized spacial score (nSPS) is 14.5. The van der Waals surface area contributed by atoms with Gasteiger partial charge in [-0.25, -0.2) is 0 Å². The summed E-state index contributed by atoms with van der Waals surface area (Å²) in [6.45, 7) is 3.76. The van der Waals surface area contributed by atoms with Crippen LogP contribution in [0.25, 0.3) is 0 Å². The SMILES string of the molecule is CCCCOCC(=O)Nc1nnc(N2CCN(C(=O)c3ccccc3C(F)(F)F)CC2)s1. The summed E-state index contributed by atoms with van der Waals surface area (Å²) >= 11 is 1.19. The highest BCUT2D eigenvalue weighted by molar-refractivity contribution is 7.19. The van der Waals surface area contributed by atoms with Gasteiger partial charge in [-0.05, 0) is 18.6 Å². The van der Waals surface area contributed by atoms with Crippen LogP contribution in [-0.2, 0) is 15.7 Å². The van der Waals surface area contributed by atoms with Crippen molar-refractivity contribution < 1.29 is 27.5 Å². The maximum atomic E-state index is 13.2. The second-order valence-electron chi connectivity index (χ2n) is 7.17. The number of hydrogen-bond donors (Lipinski definition) is 1. The standard InChI is InChI=1S/C20H24F3N5O3S/c1-2-3-12-31-13-16(29)24-18-25-26-19(32-18)28-10-8-27(9-11-28)17(30)14-6-4-5-7-15(14)20(21,22)23/h4-7H,2-3,8-13H2,1H3,(H,24,25,29). The zero-order valence-corrected chi connectivity index (χ0v) is 18.3. The molecule has 2 aromatic rings. The van der Waals surface area contributed by atoms with Gasteiger partial charge in [-0.2, -0.15) is 13.2 Å². The summed E-state index contributed by atoms with van der Waals surface area (Å²) in [6, 6.07) is 4.80. The van der Waals surface area contributed by atoms with E-state index in [1.165, 1.54) is 34.4 Å². The Hall–Kier alpha value is -2.73. The number of nitrogens with zero attached hydrogens (tertiary/aromatic N) is 4. The van der Waals surface area contributed by atoms with E-state index in [4.69, 9.17) is 4.74 Å². The molecule has 2 heterocycles. The molecular formula is C20H24F3N5O3S. The summed E-state index contributed by atoms with van der Waals surface area (Å²) in [4.78, 5) is 27.8. The second-order valence-corrected chi connectivity index (χ2v) is 8.12. The number of nitrogens with one attached hydrogen (secondary N) is 1. The van der Waals surface area contributed by atoms with Crippen LogP contribution in [-0.4, -0.2) is 66.3 Å². The van der Waals surface area contributed by atoms with Crippen molar-refractivity contribution in [3.63, 3.8) is 0 Å². The largest absolute Gasteiger partial charge is 0.417 e. The number of piperazine rings is 1. The number of alkyl halides is 3. The van der Waals surface area contributed by atoms with Crippen molar-refractivity contribution in [1.82, 2.24) is 15.1 Å². The van der Waals surface area contributed by atoms with E-state index in [2.05, 4.69) is 15.5 Å². The first-order chi connectivity index (χ1) is 15.3. The van der Waals surface area contributed by atoms with Crippen LogP contribution < -0.4 is 10.2 Å². The number of halogens is 3. The maximum Gasteiger partial charge on any atom is 0.417 e. The van der Waals surface area contributed by atoms with Gasteiger partial charge in [0.1, 0.15) is 6.61 Å². The third-order valence-electron chi connectivity index (χ3n) is 4.84. The number of unbranched alkanes of at least 4 members (excludes halogenated alkanes) is 1. The molecule has 1 fully saturated rings. The second kappa shape index (κ2) is 10.7. The van der Waals surface area contributed by atoms with E-state index in [0.29, 0.717) is 30.0 Å². The number of aromatic nitrogens is 2. The number of hydrogen-bond acceptors (Lipinski definition) is 7. The number of carbonyl (C=O) groups is 2. The van der Waals surface area contributed by atoms with Gasteiger partial charge < -0.3 is 14.5 Å². The Balaban J connectivity index is 1.53. The number of benzene rings is 1. The zero-order valence-electron chi connectivity index (χ0n) is 17.5. The van der Waals surface area contributed by atoms with Gasteiger partial charge in [-0.1, -0.05) is 36.8 Å². The van der Waals surface area contributed by atoms with E-state index in [-0.39, 0.29) is 31.2 Å².